The van der Waals surface area contributed by atoms with Crippen molar-refractivity contribution in [3.63, 3.8) is 0 Å². The van der Waals surface area contributed by atoms with Crippen LogP contribution in [0.15, 0.2) is 5.16 Å². The largest absolute Gasteiger partial charge is 0.337 e. The van der Waals surface area contributed by atoms with Gasteiger partial charge in [-0.3, -0.25) is 0 Å². The van der Waals surface area contributed by atoms with Crippen LogP contribution in [0.5, 0.6) is 0 Å². The maximum atomic E-state index is 11.5. The molecule has 2 saturated carbocycles. The van der Waals surface area contributed by atoms with Gasteiger partial charge in [-0.05, 0) is 25.2 Å². The molecule has 0 spiro atoms. The van der Waals surface area contributed by atoms with Crippen LogP contribution in [-0.4, -0.2) is 11.7 Å². The van der Waals surface area contributed by atoms with E-state index in [-0.39, 0.29) is 22.7 Å². The maximum Gasteiger partial charge on any atom is 0.337 e. The number of oxime groups is 1. The standard InChI is InChI=1S/C14H23NO2/c1-9(2)11(16)17-15-12-13(3,4)10-6-7-14(12,5)8-10/h9-10H,6-8H2,1-5H3. The second kappa shape index (κ2) is 3.82. The SMILES string of the molecule is CC(C)C(=O)ON=C1C2(C)CCC(C2)C1(C)C. The second-order valence-electron chi connectivity index (χ2n) is 6.73. The van der Waals surface area contributed by atoms with Gasteiger partial charge in [0.1, 0.15) is 0 Å². The summed E-state index contributed by atoms with van der Waals surface area (Å²) in [5, 5.41) is 4.22. The van der Waals surface area contributed by atoms with E-state index < -0.39 is 0 Å². The smallest absolute Gasteiger partial charge is 0.318 e. The van der Waals surface area contributed by atoms with Gasteiger partial charge in [0.05, 0.1) is 11.6 Å². The predicted octanol–water partition coefficient (Wildman–Crippen LogP) is 3.39. The fourth-order valence-electron chi connectivity index (χ4n) is 3.47. The third-order valence-corrected chi connectivity index (χ3v) is 4.64. The number of carbonyl (C=O) groups is 1. The summed E-state index contributed by atoms with van der Waals surface area (Å²) >= 11 is 0. The van der Waals surface area contributed by atoms with Gasteiger partial charge in [-0.15, -0.1) is 0 Å². The first-order valence-electron chi connectivity index (χ1n) is 6.57. The third kappa shape index (κ3) is 1.90. The van der Waals surface area contributed by atoms with Crippen molar-refractivity contribution in [2.75, 3.05) is 0 Å². The molecule has 0 heterocycles. The molecule has 2 aliphatic carbocycles. The number of fused-ring (bicyclic) bond motifs is 2. The molecule has 0 radical (unpaired) electrons. The van der Waals surface area contributed by atoms with E-state index in [9.17, 15) is 4.79 Å². The minimum atomic E-state index is -0.236. The van der Waals surface area contributed by atoms with Crippen molar-refractivity contribution >= 4 is 11.7 Å². The molecule has 17 heavy (non-hydrogen) atoms. The molecule has 0 amide bonds. The van der Waals surface area contributed by atoms with Crippen LogP contribution in [0.4, 0.5) is 0 Å². The lowest BCUT2D eigenvalue weighted by atomic mass is 9.71. The monoisotopic (exact) mass is 237 g/mol. The minimum Gasteiger partial charge on any atom is -0.318 e. The molecule has 3 nitrogen and oxygen atoms in total. The topological polar surface area (TPSA) is 38.7 Å². The highest BCUT2D eigenvalue weighted by Gasteiger charge is 2.57. The van der Waals surface area contributed by atoms with E-state index in [1.54, 1.807) is 0 Å². The summed E-state index contributed by atoms with van der Waals surface area (Å²) in [6, 6.07) is 0. The van der Waals surface area contributed by atoms with Crippen LogP contribution in [-0.2, 0) is 9.63 Å². The number of hydrogen-bond acceptors (Lipinski definition) is 3. The van der Waals surface area contributed by atoms with Crippen LogP contribution < -0.4 is 0 Å². The summed E-state index contributed by atoms with van der Waals surface area (Å²) in [6.07, 6.45) is 3.65. The average molecular weight is 237 g/mol. The Balaban J connectivity index is 2.20. The number of rotatable bonds is 2. The van der Waals surface area contributed by atoms with Crippen LogP contribution in [0.3, 0.4) is 0 Å². The van der Waals surface area contributed by atoms with Gasteiger partial charge in [0.15, 0.2) is 0 Å². The van der Waals surface area contributed by atoms with Gasteiger partial charge in [-0.25, -0.2) is 4.79 Å². The summed E-state index contributed by atoms with van der Waals surface area (Å²) < 4.78 is 0. The first-order chi connectivity index (χ1) is 7.77. The Bertz CT molecular complexity index is 364. The van der Waals surface area contributed by atoms with E-state index in [2.05, 4.69) is 25.9 Å². The fourth-order valence-corrected chi connectivity index (χ4v) is 3.47. The van der Waals surface area contributed by atoms with Gasteiger partial charge in [0, 0.05) is 10.8 Å². The number of hydrogen-bond donors (Lipinski definition) is 0. The van der Waals surface area contributed by atoms with Gasteiger partial charge in [0.25, 0.3) is 0 Å². The van der Waals surface area contributed by atoms with E-state index in [0.29, 0.717) is 5.92 Å². The van der Waals surface area contributed by atoms with E-state index >= 15 is 0 Å². The molecule has 0 N–H and O–H groups in total. The lowest BCUT2D eigenvalue weighted by Crippen LogP contribution is -2.36. The van der Waals surface area contributed by atoms with E-state index in [0.717, 1.165) is 5.71 Å². The average Bonchev–Trinajstić information content (AvgIpc) is 2.68. The van der Waals surface area contributed by atoms with Crippen molar-refractivity contribution in [2.45, 2.75) is 53.9 Å². The normalized spacial score (nSPS) is 36.8. The lowest BCUT2D eigenvalue weighted by Gasteiger charge is -2.34. The highest BCUT2D eigenvalue weighted by atomic mass is 16.7. The Kier molecular flexibility index (Phi) is 2.83. The molecule has 0 aliphatic heterocycles. The van der Waals surface area contributed by atoms with Crippen LogP contribution in [0.25, 0.3) is 0 Å². The molecule has 0 aromatic rings. The van der Waals surface area contributed by atoms with E-state index in [4.69, 9.17) is 4.84 Å². The summed E-state index contributed by atoms with van der Waals surface area (Å²) in [4.78, 5) is 16.6. The van der Waals surface area contributed by atoms with Crippen LogP contribution in [0, 0.1) is 22.7 Å². The van der Waals surface area contributed by atoms with E-state index in [1.165, 1.54) is 19.3 Å². The second-order valence-corrected chi connectivity index (χ2v) is 6.73. The molecule has 2 aliphatic rings. The highest BCUT2D eigenvalue weighted by molar-refractivity contribution is 5.97. The Labute approximate surface area is 104 Å². The van der Waals surface area contributed by atoms with Crippen molar-refractivity contribution < 1.29 is 9.63 Å². The molecule has 2 bridgehead atoms. The molecular weight excluding hydrogens is 214 g/mol. The summed E-state index contributed by atoms with van der Waals surface area (Å²) in [5.41, 5.74) is 1.34. The van der Waals surface area contributed by atoms with Crippen LogP contribution in [0.2, 0.25) is 0 Å². The van der Waals surface area contributed by atoms with Gasteiger partial charge in [0.2, 0.25) is 0 Å². The first-order valence-corrected chi connectivity index (χ1v) is 6.57. The predicted molar refractivity (Wildman–Crippen MR) is 67.6 cm³/mol. The zero-order valence-corrected chi connectivity index (χ0v) is 11.5. The Morgan fingerprint density at radius 2 is 2.06 bits per heavy atom. The van der Waals surface area contributed by atoms with Crippen molar-refractivity contribution in [3.8, 4) is 0 Å². The third-order valence-electron chi connectivity index (χ3n) is 4.64. The molecular formula is C14H23NO2. The van der Waals surface area contributed by atoms with Gasteiger partial charge in [-0.1, -0.05) is 39.8 Å². The number of nitrogens with zero attached hydrogens (tertiary/aromatic N) is 1. The minimum absolute atomic E-state index is 0.0876. The maximum absolute atomic E-state index is 11.5. The molecule has 3 heteroatoms. The first kappa shape index (κ1) is 12.6. The summed E-state index contributed by atoms with van der Waals surface area (Å²) in [6.45, 7) is 10.4. The zero-order chi connectivity index (χ0) is 12.8. The Morgan fingerprint density at radius 3 is 2.53 bits per heavy atom. The van der Waals surface area contributed by atoms with Crippen molar-refractivity contribution in [2.24, 2.45) is 27.8 Å². The van der Waals surface area contributed by atoms with Gasteiger partial charge < -0.3 is 4.84 Å². The van der Waals surface area contributed by atoms with Gasteiger partial charge >= 0.3 is 5.97 Å². The van der Waals surface area contributed by atoms with Crippen molar-refractivity contribution in [1.29, 1.82) is 0 Å². The quantitative estimate of drug-likeness (QED) is 0.545. The van der Waals surface area contributed by atoms with Crippen molar-refractivity contribution in [1.82, 2.24) is 0 Å². The van der Waals surface area contributed by atoms with Gasteiger partial charge in [-0.2, -0.15) is 0 Å². The Hall–Kier alpha value is -0.860. The van der Waals surface area contributed by atoms with Crippen LogP contribution in [0.1, 0.15) is 53.9 Å². The fraction of sp³-hybridized carbons (Fsp3) is 0.857. The molecule has 0 saturated heterocycles. The zero-order valence-electron chi connectivity index (χ0n) is 11.5. The number of carbonyl (C=O) groups excluding carboxylic acids is 1. The summed E-state index contributed by atoms with van der Waals surface area (Å²) in [5.74, 6) is 0.345. The molecule has 0 aromatic heterocycles. The lowest BCUT2D eigenvalue weighted by molar-refractivity contribution is -0.147. The molecule has 2 atom stereocenters. The molecule has 2 rings (SSSR count). The van der Waals surface area contributed by atoms with E-state index in [1.807, 2.05) is 13.8 Å². The molecule has 2 fully saturated rings. The summed E-state index contributed by atoms with van der Waals surface area (Å²) in [7, 11) is 0. The molecule has 2 unspecified atom stereocenters. The van der Waals surface area contributed by atoms with Crippen molar-refractivity contribution in [3.05, 3.63) is 0 Å². The molecule has 0 aromatic carbocycles. The Morgan fingerprint density at radius 1 is 1.41 bits per heavy atom. The molecule has 96 valence electrons. The van der Waals surface area contributed by atoms with Crippen LogP contribution >= 0.6 is 0 Å². The highest BCUT2D eigenvalue weighted by Crippen LogP contribution is 2.60.